The van der Waals surface area contributed by atoms with E-state index in [2.05, 4.69) is 4.98 Å². The molecule has 1 unspecified atom stereocenters. The summed E-state index contributed by atoms with van der Waals surface area (Å²) in [6, 6.07) is 6.20. The molecule has 0 spiro atoms. The quantitative estimate of drug-likeness (QED) is 0.923. The van der Waals surface area contributed by atoms with Crippen molar-refractivity contribution in [1.29, 1.82) is 0 Å². The van der Waals surface area contributed by atoms with Crippen LogP contribution in [0.25, 0.3) is 0 Å². The van der Waals surface area contributed by atoms with Crippen LogP contribution in [0.5, 0.6) is 0 Å². The summed E-state index contributed by atoms with van der Waals surface area (Å²) >= 11 is 6.03. The molecule has 2 rings (SSSR count). The molecule has 94 valence electrons. The average molecular weight is 265 g/mol. The summed E-state index contributed by atoms with van der Waals surface area (Å²) in [6.45, 7) is 1.92. The molecule has 4 heteroatoms. The van der Waals surface area contributed by atoms with E-state index < -0.39 is 0 Å². The van der Waals surface area contributed by atoms with E-state index in [1.54, 1.807) is 18.5 Å². The fourth-order valence-corrected chi connectivity index (χ4v) is 2.12. The number of halogens is 2. The average Bonchev–Trinajstić information content (AvgIpc) is 2.35. The number of nitrogens with two attached hydrogens (primary N) is 1. The Hall–Kier alpha value is -1.45. The van der Waals surface area contributed by atoms with Crippen LogP contribution in [0.2, 0.25) is 5.02 Å². The fraction of sp³-hybridized carbons (Fsp3) is 0.214. The van der Waals surface area contributed by atoms with Crippen molar-refractivity contribution in [2.75, 3.05) is 0 Å². The van der Waals surface area contributed by atoms with Crippen molar-refractivity contribution in [2.24, 2.45) is 5.73 Å². The molecule has 0 aliphatic heterocycles. The van der Waals surface area contributed by atoms with E-state index in [4.69, 9.17) is 17.3 Å². The van der Waals surface area contributed by atoms with Crippen LogP contribution in [-0.2, 0) is 6.42 Å². The Morgan fingerprint density at radius 2 is 2.17 bits per heavy atom. The predicted octanol–water partition coefficient (Wildman–Crippen LogP) is 3.43. The molecule has 0 bridgehead atoms. The lowest BCUT2D eigenvalue weighted by atomic mass is 9.96. The molecule has 18 heavy (non-hydrogen) atoms. The molecule has 1 atom stereocenters. The second kappa shape index (κ2) is 5.46. The monoisotopic (exact) mass is 264 g/mol. The largest absolute Gasteiger partial charge is 0.324 e. The summed E-state index contributed by atoms with van der Waals surface area (Å²) in [6.07, 6.45) is 3.82. The van der Waals surface area contributed by atoms with Gasteiger partial charge in [-0.05, 0) is 48.2 Å². The minimum atomic E-state index is -0.277. The molecule has 0 saturated heterocycles. The van der Waals surface area contributed by atoms with E-state index in [0.29, 0.717) is 11.4 Å². The summed E-state index contributed by atoms with van der Waals surface area (Å²) in [5.74, 6) is -0.271. The van der Waals surface area contributed by atoms with Gasteiger partial charge in [-0.15, -0.1) is 0 Å². The van der Waals surface area contributed by atoms with E-state index >= 15 is 0 Å². The molecule has 1 aromatic heterocycles. The Labute approximate surface area is 111 Å². The molecule has 0 amide bonds. The summed E-state index contributed by atoms with van der Waals surface area (Å²) in [5, 5.41) is 0.585. The van der Waals surface area contributed by atoms with Gasteiger partial charge in [-0.2, -0.15) is 0 Å². The third kappa shape index (κ3) is 2.86. The molecular weight excluding hydrogens is 251 g/mol. The molecule has 0 aliphatic rings. The van der Waals surface area contributed by atoms with E-state index in [0.717, 1.165) is 16.7 Å². The van der Waals surface area contributed by atoms with Gasteiger partial charge >= 0.3 is 0 Å². The lowest BCUT2D eigenvalue weighted by Crippen LogP contribution is -2.15. The Kier molecular flexibility index (Phi) is 3.94. The number of nitrogens with zero attached hydrogens (tertiary/aromatic N) is 1. The van der Waals surface area contributed by atoms with E-state index in [-0.39, 0.29) is 11.9 Å². The first-order valence-electron chi connectivity index (χ1n) is 5.68. The van der Waals surface area contributed by atoms with Crippen molar-refractivity contribution in [1.82, 2.24) is 4.98 Å². The highest BCUT2D eigenvalue weighted by atomic mass is 35.5. The van der Waals surface area contributed by atoms with Gasteiger partial charge in [-0.1, -0.05) is 17.7 Å². The van der Waals surface area contributed by atoms with Crippen LogP contribution in [0, 0.1) is 12.7 Å². The number of aromatic nitrogens is 1. The van der Waals surface area contributed by atoms with Crippen LogP contribution in [0.4, 0.5) is 4.39 Å². The molecule has 1 heterocycles. The Morgan fingerprint density at radius 3 is 2.89 bits per heavy atom. The van der Waals surface area contributed by atoms with Crippen LogP contribution in [0.15, 0.2) is 36.7 Å². The lowest BCUT2D eigenvalue weighted by molar-refractivity contribution is 0.617. The first-order valence-corrected chi connectivity index (χ1v) is 6.05. The topological polar surface area (TPSA) is 38.9 Å². The van der Waals surface area contributed by atoms with Gasteiger partial charge in [0.1, 0.15) is 5.82 Å². The van der Waals surface area contributed by atoms with Gasteiger partial charge in [0.05, 0.1) is 5.02 Å². The first kappa shape index (κ1) is 13.0. The van der Waals surface area contributed by atoms with Gasteiger partial charge < -0.3 is 5.73 Å². The zero-order valence-corrected chi connectivity index (χ0v) is 10.8. The summed E-state index contributed by atoms with van der Waals surface area (Å²) < 4.78 is 13.2. The van der Waals surface area contributed by atoms with E-state index in [1.807, 2.05) is 13.0 Å². The Bertz CT molecular complexity index is 557. The van der Waals surface area contributed by atoms with Crippen molar-refractivity contribution in [3.8, 4) is 0 Å². The fourth-order valence-electron chi connectivity index (χ4n) is 1.93. The molecule has 0 radical (unpaired) electrons. The Morgan fingerprint density at radius 1 is 1.39 bits per heavy atom. The highest BCUT2D eigenvalue weighted by Gasteiger charge is 2.12. The zero-order chi connectivity index (χ0) is 13.1. The SMILES string of the molecule is Cc1ccc(F)cc1C(N)Cc1ccncc1Cl. The van der Waals surface area contributed by atoms with E-state index in [1.165, 1.54) is 12.1 Å². The number of hydrogen-bond acceptors (Lipinski definition) is 2. The number of pyridine rings is 1. The minimum absolute atomic E-state index is 0.271. The van der Waals surface area contributed by atoms with Gasteiger partial charge in [0, 0.05) is 18.4 Å². The molecule has 2 aromatic rings. The van der Waals surface area contributed by atoms with E-state index in [9.17, 15) is 4.39 Å². The number of hydrogen-bond donors (Lipinski definition) is 1. The summed E-state index contributed by atoms with van der Waals surface area (Å²) in [5.41, 5.74) is 8.83. The second-order valence-electron chi connectivity index (χ2n) is 4.28. The smallest absolute Gasteiger partial charge is 0.123 e. The van der Waals surface area contributed by atoms with Crippen molar-refractivity contribution < 1.29 is 4.39 Å². The van der Waals surface area contributed by atoms with Crippen molar-refractivity contribution in [3.05, 3.63) is 64.2 Å². The summed E-state index contributed by atoms with van der Waals surface area (Å²) in [7, 11) is 0. The normalized spacial score (nSPS) is 12.4. The van der Waals surface area contributed by atoms with Crippen molar-refractivity contribution in [2.45, 2.75) is 19.4 Å². The number of benzene rings is 1. The van der Waals surface area contributed by atoms with Crippen molar-refractivity contribution >= 4 is 11.6 Å². The van der Waals surface area contributed by atoms with Gasteiger partial charge in [-0.3, -0.25) is 4.98 Å². The van der Waals surface area contributed by atoms with Crippen LogP contribution in [0.1, 0.15) is 22.7 Å². The highest BCUT2D eigenvalue weighted by Crippen LogP contribution is 2.23. The van der Waals surface area contributed by atoms with Crippen LogP contribution in [0.3, 0.4) is 0 Å². The Balaban J connectivity index is 2.25. The molecule has 0 aliphatic carbocycles. The van der Waals surface area contributed by atoms with Crippen LogP contribution < -0.4 is 5.73 Å². The predicted molar refractivity (Wildman–Crippen MR) is 71.0 cm³/mol. The molecule has 2 N–H and O–H groups in total. The summed E-state index contributed by atoms with van der Waals surface area (Å²) in [4.78, 5) is 3.92. The number of aryl methyl sites for hydroxylation is 1. The zero-order valence-electron chi connectivity index (χ0n) is 10.0. The van der Waals surface area contributed by atoms with Crippen molar-refractivity contribution in [3.63, 3.8) is 0 Å². The van der Waals surface area contributed by atoms with Crippen LogP contribution in [-0.4, -0.2) is 4.98 Å². The molecule has 2 nitrogen and oxygen atoms in total. The second-order valence-corrected chi connectivity index (χ2v) is 4.69. The van der Waals surface area contributed by atoms with Crippen LogP contribution >= 0.6 is 11.6 Å². The van der Waals surface area contributed by atoms with Gasteiger partial charge in [0.25, 0.3) is 0 Å². The van der Waals surface area contributed by atoms with Gasteiger partial charge in [-0.25, -0.2) is 4.39 Å². The maximum Gasteiger partial charge on any atom is 0.123 e. The third-order valence-corrected chi connectivity index (χ3v) is 3.28. The van der Waals surface area contributed by atoms with Gasteiger partial charge in [0.15, 0.2) is 0 Å². The minimum Gasteiger partial charge on any atom is -0.324 e. The maximum atomic E-state index is 13.2. The highest BCUT2D eigenvalue weighted by molar-refractivity contribution is 6.31. The molecule has 0 fully saturated rings. The maximum absolute atomic E-state index is 13.2. The van der Waals surface area contributed by atoms with Gasteiger partial charge in [0.2, 0.25) is 0 Å². The third-order valence-electron chi connectivity index (χ3n) is 2.94. The number of rotatable bonds is 3. The molecule has 1 aromatic carbocycles. The molecular formula is C14H14ClFN2. The molecule has 0 saturated carbocycles. The lowest BCUT2D eigenvalue weighted by Gasteiger charge is -2.15. The first-order chi connectivity index (χ1) is 8.58. The standard InChI is InChI=1S/C14H14ClFN2/c1-9-2-3-11(16)7-12(9)14(17)6-10-4-5-18-8-13(10)15/h2-5,7-8,14H,6,17H2,1H3.